The predicted molar refractivity (Wildman–Crippen MR) is 94.1 cm³/mol. The van der Waals surface area contributed by atoms with E-state index in [9.17, 15) is 24.0 Å². The summed E-state index contributed by atoms with van der Waals surface area (Å²) in [5.41, 5.74) is -0.769. The number of hydrogen-bond acceptors (Lipinski definition) is 7. The van der Waals surface area contributed by atoms with Crippen molar-refractivity contribution < 1.29 is 33.5 Å². The van der Waals surface area contributed by atoms with Crippen LogP contribution in [0.4, 0.5) is 4.79 Å². The van der Waals surface area contributed by atoms with Gasteiger partial charge in [0.15, 0.2) is 5.78 Å². The van der Waals surface area contributed by atoms with Crippen LogP contribution in [0.25, 0.3) is 0 Å². The molecule has 9 nitrogen and oxygen atoms in total. The lowest BCUT2D eigenvalue weighted by atomic mass is 10.0. The third-order valence-electron chi connectivity index (χ3n) is 3.68. The van der Waals surface area contributed by atoms with Gasteiger partial charge < -0.3 is 14.9 Å². The second-order valence-electron chi connectivity index (χ2n) is 7.37. The summed E-state index contributed by atoms with van der Waals surface area (Å²) in [5, 5.41) is 2.79. The van der Waals surface area contributed by atoms with Gasteiger partial charge in [0.2, 0.25) is 0 Å². The number of carbonyl (C=O) groups is 5. The molecule has 1 aliphatic heterocycles. The maximum Gasteiger partial charge on any atom is 0.408 e. The van der Waals surface area contributed by atoms with E-state index in [0.717, 1.165) is 12.8 Å². The molecule has 0 bridgehead atoms. The molecule has 3 amide bonds. The van der Waals surface area contributed by atoms with Crippen LogP contribution in [0.1, 0.15) is 72.6 Å². The Labute approximate surface area is 158 Å². The lowest BCUT2D eigenvalue weighted by molar-refractivity contribution is -0.197. The van der Waals surface area contributed by atoms with Crippen molar-refractivity contribution in [2.75, 3.05) is 0 Å². The van der Waals surface area contributed by atoms with Crippen molar-refractivity contribution in [1.82, 2.24) is 10.4 Å². The number of ether oxygens (including phenoxy) is 1. The number of Topliss-reactive ketones (excluding diaryl/α,β-unsaturated/α-hetero) is 1. The Bertz CT molecular complexity index is 579. The standard InChI is InChI=1S/C18H28N2O7/c1-5-6-7-8-13(21)12(19-17(25)26-18(2,3)4)11-16(24)27-20-14(22)9-10-15(20)23/h12H,5-11H2,1-4H3,(H,19,25)/t12-/m0/s1. The highest BCUT2D eigenvalue weighted by Gasteiger charge is 2.34. The molecule has 1 N–H and O–H groups in total. The molecule has 1 fully saturated rings. The van der Waals surface area contributed by atoms with Gasteiger partial charge in [0.05, 0.1) is 6.42 Å². The van der Waals surface area contributed by atoms with Gasteiger partial charge in [-0.2, -0.15) is 0 Å². The first-order valence-electron chi connectivity index (χ1n) is 9.12. The largest absolute Gasteiger partial charge is 0.444 e. The zero-order valence-corrected chi connectivity index (χ0v) is 16.3. The summed E-state index contributed by atoms with van der Waals surface area (Å²) in [6.07, 6.45) is 1.18. The number of unbranched alkanes of at least 4 members (excludes halogenated alkanes) is 2. The van der Waals surface area contributed by atoms with Crippen molar-refractivity contribution in [3.05, 3.63) is 0 Å². The van der Waals surface area contributed by atoms with Crippen molar-refractivity contribution in [2.24, 2.45) is 0 Å². The first kappa shape index (κ1) is 22.6. The highest BCUT2D eigenvalue weighted by molar-refractivity contribution is 6.01. The molecule has 1 rings (SSSR count). The molecule has 1 heterocycles. The molecule has 1 saturated heterocycles. The average molecular weight is 384 g/mol. The first-order chi connectivity index (χ1) is 12.5. The molecule has 0 aromatic rings. The van der Waals surface area contributed by atoms with Crippen LogP contribution in [-0.4, -0.2) is 46.4 Å². The van der Waals surface area contributed by atoms with Crippen LogP contribution in [0, 0.1) is 0 Å². The zero-order valence-electron chi connectivity index (χ0n) is 16.3. The second kappa shape index (κ2) is 10.0. The number of rotatable bonds is 9. The number of hydroxylamine groups is 2. The van der Waals surface area contributed by atoms with E-state index >= 15 is 0 Å². The van der Waals surface area contributed by atoms with Gasteiger partial charge >= 0.3 is 12.1 Å². The van der Waals surface area contributed by atoms with Crippen molar-refractivity contribution in [2.45, 2.75) is 84.3 Å². The number of nitrogens with one attached hydrogen (secondary N) is 1. The SMILES string of the molecule is CCCCCC(=O)[C@H](CC(=O)ON1C(=O)CCC1=O)NC(=O)OC(C)(C)C. The van der Waals surface area contributed by atoms with Crippen LogP contribution in [-0.2, 0) is 28.8 Å². The van der Waals surface area contributed by atoms with Gasteiger partial charge in [0, 0.05) is 19.3 Å². The smallest absolute Gasteiger partial charge is 0.408 e. The minimum absolute atomic E-state index is 0.0261. The van der Waals surface area contributed by atoms with E-state index in [0.29, 0.717) is 11.5 Å². The Balaban J connectivity index is 2.72. The van der Waals surface area contributed by atoms with Gasteiger partial charge in [-0.1, -0.05) is 19.8 Å². The zero-order chi connectivity index (χ0) is 20.6. The van der Waals surface area contributed by atoms with E-state index in [1.165, 1.54) is 0 Å². The maximum atomic E-state index is 12.4. The van der Waals surface area contributed by atoms with Gasteiger partial charge in [-0.05, 0) is 27.2 Å². The molecule has 27 heavy (non-hydrogen) atoms. The molecule has 0 aromatic carbocycles. The van der Waals surface area contributed by atoms with E-state index in [1.54, 1.807) is 20.8 Å². The van der Waals surface area contributed by atoms with E-state index in [1.807, 2.05) is 6.92 Å². The average Bonchev–Trinajstić information content (AvgIpc) is 2.84. The lowest BCUT2D eigenvalue weighted by Crippen LogP contribution is -2.45. The molecular weight excluding hydrogens is 356 g/mol. The van der Waals surface area contributed by atoms with Crippen LogP contribution >= 0.6 is 0 Å². The maximum absolute atomic E-state index is 12.4. The fourth-order valence-electron chi connectivity index (χ4n) is 2.38. The third-order valence-corrected chi connectivity index (χ3v) is 3.68. The molecule has 0 spiro atoms. The summed E-state index contributed by atoms with van der Waals surface area (Å²) in [6.45, 7) is 7.00. The normalized spacial score (nSPS) is 15.5. The van der Waals surface area contributed by atoms with Gasteiger partial charge in [0.1, 0.15) is 11.6 Å². The summed E-state index contributed by atoms with van der Waals surface area (Å²) >= 11 is 0. The summed E-state index contributed by atoms with van der Waals surface area (Å²) in [5.74, 6) is -2.52. The summed E-state index contributed by atoms with van der Waals surface area (Å²) in [7, 11) is 0. The molecule has 0 radical (unpaired) electrons. The molecule has 0 unspecified atom stereocenters. The van der Waals surface area contributed by atoms with Crippen molar-refractivity contribution in [3.8, 4) is 0 Å². The van der Waals surface area contributed by atoms with E-state index < -0.39 is 41.9 Å². The van der Waals surface area contributed by atoms with Crippen LogP contribution in [0.5, 0.6) is 0 Å². The molecule has 152 valence electrons. The number of carbonyl (C=O) groups excluding carboxylic acids is 5. The van der Waals surface area contributed by atoms with Gasteiger partial charge in [-0.15, -0.1) is 5.06 Å². The number of alkyl carbamates (subject to hydrolysis) is 1. The third kappa shape index (κ3) is 8.19. The molecule has 0 aromatic heterocycles. The van der Waals surface area contributed by atoms with Crippen molar-refractivity contribution in [3.63, 3.8) is 0 Å². The van der Waals surface area contributed by atoms with Crippen molar-refractivity contribution in [1.29, 1.82) is 0 Å². The molecule has 1 atom stereocenters. The summed E-state index contributed by atoms with van der Waals surface area (Å²) < 4.78 is 5.12. The minimum atomic E-state index is -1.16. The number of imide groups is 1. The van der Waals surface area contributed by atoms with E-state index in [2.05, 4.69) is 5.32 Å². The highest BCUT2D eigenvalue weighted by atomic mass is 16.7. The molecule has 1 aliphatic rings. The molecule has 9 heteroatoms. The topological polar surface area (TPSA) is 119 Å². The molecular formula is C18H28N2O7. The quantitative estimate of drug-likeness (QED) is 0.477. The Kier molecular flexibility index (Phi) is 8.39. The van der Waals surface area contributed by atoms with Crippen LogP contribution < -0.4 is 5.32 Å². The molecule has 0 saturated carbocycles. The second-order valence-corrected chi connectivity index (χ2v) is 7.37. The monoisotopic (exact) mass is 384 g/mol. The number of nitrogens with zero attached hydrogens (tertiary/aromatic N) is 1. The van der Waals surface area contributed by atoms with Gasteiger partial charge in [-0.25, -0.2) is 9.59 Å². The fourth-order valence-corrected chi connectivity index (χ4v) is 2.38. The van der Waals surface area contributed by atoms with Crippen molar-refractivity contribution >= 4 is 29.7 Å². The highest BCUT2D eigenvalue weighted by Crippen LogP contribution is 2.14. The Morgan fingerprint density at radius 2 is 1.70 bits per heavy atom. The Morgan fingerprint density at radius 3 is 2.22 bits per heavy atom. The summed E-state index contributed by atoms with van der Waals surface area (Å²) in [4.78, 5) is 64.3. The van der Waals surface area contributed by atoms with Crippen LogP contribution in [0.15, 0.2) is 0 Å². The summed E-state index contributed by atoms with van der Waals surface area (Å²) in [6, 6.07) is -1.16. The number of hydrogen-bond donors (Lipinski definition) is 1. The van der Waals surface area contributed by atoms with E-state index in [-0.39, 0.29) is 25.0 Å². The Morgan fingerprint density at radius 1 is 1.11 bits per heavy atom. The Hall–Kier alpha value is -2.45. The lowest BCUT2D eigenvalue weighted by Gasteiger charge is -2.23. The molecule has 0 aliphatic carbocycles. The number of amides is 3. The first-order valence-corrected chi connectivity index (χ1v) is 9.12. The van der Waals surface area contributed by atoms with Gasteiger partial charge in [-0.3, -0.25) is 14.4 Å². The van der Waals surface area contributed by atoms with Gasteiger partial charge in [0.25, 0.3) is 11.8 Å². The minimum Gasteiger partial charge on any atom is -0.444 e. The predicted octanol–water partition coefficient (Wildman–Crippen LogP) is 2.03. The fraction of sp³-hybridized carbons (Fsp3) is 0.722. The van der Waals surface area contributed by atoms with Crippen LogP contribution in [0.2, 0.25) is 0 Å². The van der Waals surface area contributed by atoms with E-state index in [4.69, 9.17) is 9.57 Å². The number of ketones is 1. The van der Waals surface area contributed by atoms with Crippen LogP contribution in [0.3, 0.4) is 0 Å².